The third kappa shape index (κ3) is 161000. The largest absolute Gasteiger partial charge is 2.00 e. The predicted molar refractivity (Wildman–Crippen MR) is 35.8 cm³/mol. The molecule has 72 valence electrons. The first-order valence-corrected chi connectivity index (χ1v) is 1.12. The molecule has 0 unspecified atom stereocenters. The molecular formula is C5H7FeN7Na2. The van der Waals surface area contributed by atoms with Crippen molar-refractivity contribution in [1.82, 2.24) is 12.3 Å². The fraction of sp³-hybridized carbons (Fsp3) is 0. The van der Waals surface area contributed by atoms with Gasteiger partial charge in [0.2, 0.25) is 0 Å². The molecule has 0 aromatic heterocycles. The van der Waals surface area contributed by atoms with Crippen molar-refractivity contribution in [1.29, 1.82) is 26.3 Å². The van der Waals surface area contributed by atoms with E-state index in [1.165, 1.54) is 0 Å². The third-order valence-corrected chi connectivity index (χ3v) is 0. The van der Waals surface area contributed by atoms with Crippen LogP contribution in [0.4, 0.5) is 0 Å². The zero-order chi connectivity index (χ0) is 10.0. The zero-order valence-corrected chi connectivity index (χ0v) is 13.9. The summed E-state index contributed by atoms with van der Waals surface area (Å²) in [7, 11) is 0. The van der Waals surface area contributed by atoms with Crippen LogP contribution in [0.25, 0.3) is 0 Å². The van der Waals surface area contributed by atoms with Crippen molar-refractivity contribution in [2.45, 2.75) is 0 Å². The smallest absolute Gasteiger partial charge is 0.512 e. The van der Waals surface area contributed by atoms with Crippen molar-refractivity contribution in [3.05, 3.63) is 32.9 Å². The molecule has 0 aliphatic heterocycles. The molecule has 7 nitrogen and oxygen atoms in total. The normalized spacial score (nSPS) is 0.667. The molecule has 0 fully saturated rings. The monoisotopic (exact) mass is 267 g/mol. The first kappa shape index (κ1) is 120. The van der Waals surface area contributed by atoms with Gasteiger partial charge >= 0.3 is 76.2 Å². The standard InChI is InChI=1S/5CN.Fe.2H3N.2Na/c5*1-2;;;;;/h;;;;;;2*1H3;;/q5*-1;+2;;;2*+1/p+1. The van der Waals surface area contributed by atoms with E-state index in [9.17, 15) is 0 Å². The van der Waals surface area contributed by atoms with Gasteiger partial charge in [0.15, 0.2) is 0 Å². The Morgan fingerprint density at radius 2 is 0.467 bits per heavy atom. The molecule has 0 saturated carbocycles. The molecule has 0 aromatic rings. The Morgan fingerprint density at radius 1 is 0.467 bits per heavy atom. The summed E-state index contributed by atoms with van der Waals surface area (Å²) in [5, 5.41) is 31.2. The molecule has 0 rings (SSSR count). The predicted octanol–water partition coefficient (Wildman–Crippen LogP) is -4.97. The van der Waals surface area contributed by atoms with Gasteiger partial charge in [-0.25, -0.2) is 0 Å². The topological polar surface area (TPSA) is 190 Å². The Balaban J connectivity index is -0.00000000240. The molecule has 0 amide bonds. The van der Waals surface area contributed by atoms with E-state index in [4.69, 9.17) is 59.2 Å². The quantitative estimate of drug-likeness (QED) is 0.326. The van der Waals surface area contributed by atoms with E-state index in [0.717, 1.165) is 0 Å². The molecule has 0 aromatic carbocycles. The Bertz CT molecular complexity index is 83.9. The first-order chi connectivity index (χ1) is 5.00. The minimum atomic E-state index is 0. The van der Waals surface area contributed by atoms with Crippen LogP contribution in [-0.2, 0) is 17.1 Å². The van der Waals surface area contributed by atoms with Crippen LogP contribution in [0.1, 0.15) is 0 Å². The van der Waals surface area contributed by atoms with E-state index in [0.29, 0.717) is 0 Å². The van der Waals surface area contributed by atoms with Crippen LogP contribution in [0.5, 0.6) is 0 Å². The Hall–Kier alpha value is -0.111. The van der Waals surface area contributed by atoms with Crippen molar-refractivity contribution >= 4 is 0 Å². The van der Waals surface area contributed by atoms with Gasteiger partial charge in [-0.05, 0) is 0 Å². The van der Waals surface area contributed by atoms with E-state index in [-0.39, 0.29) is 88.5 Å². The van der Waals surface area contributed by atoms with E-state index < -0.39 is 0 Å². The van der Waals surface area contributed by atoms with Gasteiger partial charge in [0, 0.05) is 0 Å². The molecule has 0 heterocycles. The average molecular weight is 267 g/mol. The second kappa shape index (κ2) is 189000. The van der Waals surface area contributed by atoms with E-state index in [1.807, 2.05) is 0 Å². The molecule has 0 spiro atoms. The molecule has 0 aliphatic carbocycles. The van der Waals surface area contributed by atoms with Crippen molar-refractivity contribution < 1.29 is 76.2 Å². The number of rotatable bonds is 0. The average Bonchev–Trinajstić information content (AvgIpc) is 2.20. The van der Waals surface area contributed by atoms with Crippen molar-refractivity contribution in [2.75, 3.05) is 0 Å². The molecule has 0 aliphatic rings. The molecule has 15 heavy (non-hydrogen) atoms. The second-order valence-corrected chi connectivity index (χ2v) is 0. The minimum absolute atomic E-state index is 0. The Kier molecular flexibility index (Phi) is 1510000. The van der Waals surface area contributed by atoms with Crippen LogP contribution >= 0.6 is 0 Å². The molecular weight excluding hydrogens is 260 g/mol. The number of hydrogen-bond donors (Lipinski definition) is 2. The maximum absolute atomic E-state index is 6.25. The van der Waals surface area contributed by atoms with Crippen molar-refractivity contribution in [2.24, 2.45) is 0 Å². The summed E-state index contributed by atoms with van der Waals surface area (Å²) in [5.41, 5.74) is 0. The van der Waals surface area contributed by atoms with Gasteiger partial charge in [-0.15, -0.1) is 0 Å². The summed E-state index contributed by atoms with van der Waals surface area (Å²) in [6.07, 6.45) is 0. The van der Waals surface area contributed by atoms with Crippen LogP contribution in [-0.4, -0.2) is 0 Å². The number of quaternary nitrogens is 1. The summed E-state index contributed by atoms with van der Waals surface area (Å²) in [6.45, 7) is 23.8. The van der Waals surface area contributed by atoms with Gasteiger partial charge < -0.3 is 71.5 Å². The van der Waals surface area contributed by atoms with Gasteiger partial charge in [0.25, 0.3) is 0 Å². The molecule has 0 radical (unpaired) electrons. The van der Waals surface area contributed by atoms with Gasteiger partial charge in [-0.3, -0.25) is 0 Å². The SMILES string of the molecule is N.[C-]#N.[C-]#N.[C-]#N.[C-]#N.[C-]#N.[Fe+2].[NH4+].[Na+].[Na+]. The van der Waals surface area contributed by atoms with Crippen LogP contribution < -0.4 is 71.4 Å². The Labute approximate surface area is 146 Å². The maximum atomic E-state index is 6.25. The summed E-state index contributed by atoms with van der Waals surface area (Å²) >= 11 is 0. The zero-order valence-electron chi connectivity index (χ0n) is 8.80. The fourth-order valence-electron chi connectivity index (χ4n) is 0. The third-order valence-electron chi connectivity index (χ3n) is 0. The van der Waals surface area contributed by atoms with Gasteiger partial charge in [-0.2, -0.15) is 0 Å². The maximum Gasteiger partial charge on any atom is 2.00 e. The minimum Gasteiger partial charge on any atom is -0.512 e. The van der Waals surface area contributed by atoms with E-state index in [1.54, 1.807) is 0 Å². The molecule has 0 bridgehead atoms. The van der Waals surface area contributed by atoms with E-state index >= 15 is 0 Å². The molecule has 0 atom stereocenters. The summed E-state index contributed by atoms with van der Waals surface area (Å²) in [6, 6.07) is 0. The van der Waals surface area contributed by atoms with E-state index in [2.05, 4.69) is 0 Å². The molecule has 7 N–H and O–H groups in total. The molecule has 10 heteroatoms. The summed E-state index contributed by atoms with van der Waals surface area (Å²) < 4.78 is 0. The van der Waals surface area contributed by atoms with Crippen molar-refractivity contribution in [3.8, 4) is 0 Å². The number of nitrogens with zero attached hydrogens (tertiary/aromatic N) is 5. The van der Waals surface area contributed by atoms with Crippen LogP contribution in [0, 0.1) is 59.2 Å². The summed E-state index contributed by atoms with van der Waals surface area (Å²) in [4.78, 5) is 0. The number of hydrogen-bond acceptors (Lipinski definition) is 6. The van der Waals surface area contributed by atoms with Crippen LogP contribution in [0.3, 0.4) is 0 Å². The van der Waals surface area contributed by atoms with Crippen LogP contribution in [0.15, 0.2) is 0 Å². The summed E-state index contributed by atoms with van der Waals surface area (Å²) in [5.74, 6) is 0. The first-order valence-electron chi connectivity index (χ1n) is 1.12. The van der Waals surface area contributed by atoms with Crippen LogP contribution in [0.2, 0.25) is 0 Å². The fourth-order valence-corrected chi connectivity index (χ4v) is 0. The van der Waals surface area contributed by atoms with Crippen molar-refractivity contribution in [3.63, 3.8) is 0 Å². The Morgan fingerprint density at radius 3 is 0.467 bits per heavy atom. The van der Waals surface area contributed by atoms with Gasteiger partial charge in [0.1, 0.15) is 0 Å². The van der Waals surface area contributed by atoms with Gasteiger partial charge in [0.05, 0.1) is 0 Å². The second-order valence-electron chi connectivity index (χ2n) is 0. The molecule has 0 saturated heterocycles. The van der Waals surface area contributed by atoms with Gasteiger partial charge in [-0.1, -0.05) is 0 Å².